The second kappa shape index (κ2) is 7.64. The van der Waals surface area contributed by atoms with Crippen molar-refractivity contribution in [3.05, 3.63) is 40.0 Å². The van der Waals surface area contributed by atoms with E-state index in [4.69, 9.17) is 4.74 Å². The van der Waals surface area contributed by atoms with Crippen molar-refractivity contribution in [3.8, 4) is 5.88 Å². The Balaban J connectivity index is 2.53. The van der Waals surface area contributed by atoms with Gasteiger partial charge >= 0.3 is 12.1 Å². The molecular formula is C16H15F3N2O3S. The van der Waals surface area contributed by atoms with Gasteiger partial charge in [-0.25, -0.2) is 9.56 Å². The van der Waals surface area contributed by atoms with Gasteiger partial charge in [0, 0.05) is 12.8 Å². The number of ether oxygens (including phenoxy) is 1. The lowest BCUT2D eigenvalue weighted by Crippen LogP contribution is -2.24. The SMILES string of the molecule is CCC(=O)Oc1csc(=Nc2cccc(C(F)(F)F)c2)n1C(=O)CC. The zero-order chi connectivity index (χ0) is 18.6. The molecule has 0 N–H and O–H groups in total. The second-order valence-electron chi connectivity index (χ2n) is 4.93. The number of hydrogen-bond acceptors (Lipinski definition) is 5. The van der Waals surface area contributed by atoms with Crippen LogP contribution in [0.2, 0.25) is 0 Å². The van der Waals surface area contributed by atoms with Crippen molar-refractivity contribution in [1.29, 1.82) is 0 Å². The van der Waals surface area contributed by atoms with Crippen molar-refractivity contribution in [2.45, 2.75) is 32.9 Å². The van der Waals surface area contributed by atoms with Crippen LogP contribution in [0.5, 0.6) is 5.88 Å². The number of benzene rings is 1. The Kier molecular flexibility index (Phi) is 5.78. The zero-order valence-corrected chi connectivity index (χ0v) is 14.3. The van der Waals surface area contributed by atoms with Gasteiger partial charge in [-0.15, -0.1) is 11.3 Å². The Morgan fingerprint density at radius 1 is 1.24 bits per heavy atom. The molecule has 0 saturated heterocycles. The standard InChI is InChI=1S/C16H15F3N2O3S/c1-3-12(22)21-13(24-14(23)4-2)9-25-15(21)20-11-7-5-6-10(8-11)16(17,18)19/h5-9H,3-4H2,1-2H3. The fraction of sp³-hybridized carbons (Fsp3) is 0.312. The fourth-order valence-corrected chi connectivity index (χ4v) is 2.70. The maximum absolute atomic E-state index is 12.8. The van der Waals surface area contributed by atoms with Gasteiger partial charge in [-0.3, -0.25) is 9.59 Å². The van der Waals surface area contributed by atoms with Gasteiger partial charge in [0.1, 0.15) is 0 Å². The summed E-state index contributed by atoms with van der Waals surface area (Å²) < 4.78 is 44.6. The van der Waals surface area contributed by atoms with E-state index in [1.807, 2.05) is 0 Å². The molecule has 0 radical (unpaired) electrons. The van der Waals surface area contributed by atoms with E-state index in [9.17, 15) is 22.8 Å². The predicted octanol–water partition coefficient (Wildman–Crippen LogP) is 4.17. The molecular weight excluding hydrogens is 357 g/mol. The average Bonchev–Trinajstić information content (AvgIpc) is 2.95. The van der Waals surface area contributed by atoms with Crippen LogP contribution < -0.4 is 9.54 Å². The van der Waals surface area contributed by atoms with Gasteiger partial charge in [0.15, 0.2) is 4.80 Å². The number of hydrogen-bond donors (Lipinski definition) is 0. The first-order chi connectivity index (χ1) is 11.8. The van der Waals surface area contributed by atoms with E-state index in [0.29, 0.717) is 0 Å². The molecule has 0 aliphatic carbocycles. The first-order valence-electron chi connectivity index (χ1n) is 7.42. The number of carbonyl (C=O) groups is 2. The van der Waals surface area contributed by atoms with Gasteiger partial charge in [0.25, 0.3) is 0 Å². The molecule has 0 atom stereocenters. The molecule has 0 fully saturated rings. The summed E-state index contributed by atoms with van der Waals surface area (Å²) in [6.45, 7) is 3.22. The first-order valence-corrected chi connectivity index (χ1v) is 8.30. The molecule has 1 heterocycles. The summed E-state index contributed by atoms with van der Waals surface area (Å²) in [5, 5.41) is 1.42. The van der Waals surface area contributed by atoms with E-state index in [-0.39, 0.29) is 35.1 Å². The molecule has 134 valence electrons. The van der Waals surface area contributed by atoms with Crippen LogP contribution in [0.4, 0.5) is 18.9 Å². The lowest BCUT2D eigenvalue weighted by Gasteiger charge is -2.07. The minimum Gasteiger partial charge on any atom is -0.408 e. The van der Waals surface area contributed by atoms with Crippen LogP contribution in [0.15, 0.2) is 34.6 Å². The highest BCUT2D eigenvalue weighted by atomic mass is 32.1. The molecule has 0 amide bonds. The van der Waals surface area contributed by atoms with Crippen LogP contribution in [0.3, 0.4) is 0 Å². The molecule has 0 aliphatic rings. The Labute approximate surface area is 145 Å². The number of aromatic nitrogens is 1. The van der Waals surface area contributed by atoms with E-state index in [1.54, 1.807) is 13.8 Å². The van der Waals surface area contributed by atoms with Crippen molar-refractivity contribution in [3.63, 3.8) is 0 Å². The molecule has 25 heavy (non-hydrogen) atoms. The Hall–Kier alpha value is -2.42. The quantitative estimate of drug-likeness (QED) is 0.757. The highest BCUT2D eigenvalue weighted by Crippen LogP contribution is 2.31. The van der Waals surface area contributed by atoms with Crippen LogP contribution in [0.25, 0.3) is 0 Å². The van der Waals surface area contributed by atoms with E-state index in [2.05, 4.69) is 4.99 Å². The number of alkyl halides is 3. The number of thiazole rings is 1. The average molecular weight is 372 g/mol. The molecule has 9 heteroatoms. The van der Waals surface area contributed by atoms with Gasteiger partial charge in [-0.1, -0.05) is 19.9 Å². The molecule has 0 saturated carbocycles. The first kappa shape index (κ1) is 18.9. The number of halogens is 3. The minimum absolute atomic E-state index is 0.00873. The van der Waals surface area contributed by atoms with Crippen molar-refractivity contribution in [1.82, 2.24) is 4.57 Å². The minimum atomic E-state index is -4.49. The monoisotopic (exact) mass is 372 g/mol. The summed E-state index contributed by atoms with van der Waals surface area (Å²) >= 11 is 0.998. The molecule has 2 aromatic rings. The zero-order valence-electron chi connectivity index (χ0n) is 13.5. The fourth-order valence-electron chi connectivity index (χ4n) is 1.89. The predicted molar refractivity (Wildman–Crippen MR) is 85.8 cm³/mol. The highest BCUT2D eigenvalue weighted by molar-refractivity contribution is 7.07. The van der Waals surface area contributed by atoms with E-state index < -0.39 is 17.7 Å². The molecule has 1 aromatic heterocycles. The number of nitrogens with zero attached hydrogens (tertiary/aromatic N) is 2. The van der Waals surface area contributed by atoms with Gasteiger partial charge in [-0.05, 0) is 18.2 Å². The van der Waals surface area contributed by atoms with Crippen molar-refractivity contribution < 1.29 is 27.5 Å². The molecule has 0 unspecified atom stereocenters. The summed E-state index contributed by atoms with van der Waals surface area (Å²) in [4.78, 5) is 27.8. The Morgan fingerprint density at radius 2 is 1.96 bits per heavy atom. The largest absolute Gasteiger partial charge is 0.416 e. The lowest BCUT2D eigenvalue weighted by atomic mass is 10.2. The van der Waals surface area contributed by atoms with Gasteiger partial charge in [0.05, 0.1) is 16.6 Å². The van der Waals surface area contributed by atoms with Gasteiger partial charge in [-0.2, -0.15) is 13.2 Å². The highest BCUT2D eigenvalue weighted by Gasteiger charge is 2.30. The van der Waals surface area contributed by atoms with Crippen molar-refractivity contribution in [2.75, 3.05) is 0 Å². The van der Waals surface area contributed by atoms with E-state index in [0.717, 1.165) is 28.0 Å². The Morgan fingerprint density at radius 3 is 2.56 bits per heavy atom. The van der Waals surface area contributed by atoms with E-state index >= 15 is 0 Å². The van der Waals surface area contributed by atoms with E-state index in [1.165, 1.54) is 17.5 Å². The third kappa shape index (κ3) is 4.56. The normalized spacial score (nSPS) is 12.3. The molecule has 0 spiro atoms. The third-order valence-electron chi connectivity index (χ3n) is 3.13. The van der Waals surface area contributed by atoms with Crippen LogP contribution in [-0.2, 0) is 11.0 Å². The van der Waals surface area contributed by atoms with Gasteiger partial charge < -0.3 is 4.74 Å². The number of carbonyl (C=O) groups excluding carboxylic acids is 2. The van der Waals surface area contributed by atoms with Crippen LogP contribution in [0.1, 0.15) is 37.0 Å². The second-order valence-corrected chi connectivity index (χ2v) is 5.76. The summed E-state index contributed by atoms with van der Waals surface area (Å²) in [6, 6.07) is 4.46. The molecule has 0 aliphatic heterocycles. The van der Waals surface area contributed by atoms with Crippen LogP contribution >= 0.6 is 11.3 Å². The number of esters is 1. The van der Waals surface area contributed by atoms with Crippen LogP contribution in [-0.4, -0.2) is 16.4 Å². The molecule has 0 bridgehead atoms. The third-order valence-corrected chi connectivity index (χ3v) is 3.94. The maximum Gasteiger partial charge on any atom is 0.416 e. The summed E-state index contributed by atoms with van der Waals surface area (Å²) in [7, 11) is 0. The van der Waals surface area contributed by atoms with Gasteiger partial charge in [0.2, 0.25) is 11.8 Å². The smallest absolute Gasteiger partial charge is 0.408 e. The lowest BCUT2D eigenvalue weighted by molar-refractivity contribution is -0.137. The van der Waals surface area contributed by atoms with Crippen molar-refractivity contribution in [2.24, 2.45) is 4.99 Å². The van der Waals surface area contributed by atoms with Crippen LogP contribution in [0, 0.1) is 0 Å². The summed E-state index contributed by atoms with van der Waals surface area (Å²) in [6.07, 6.45) is -4.25. The summed E-state index contributed by atoms with van der Waals surface area (Å²) in [5.41, 5.74) is -0.793. The molecule has 1 aromatic carbocycles. The van der Waals surface area contributed by atoms with Crippen molar-refractivity contribution >= 4 is 28.9 Å². The number of rotatable bonds is 4. The molecule has 2 rings (SSSR count). The Bertz CT molecular complexity index is 853. The molecule has 5 nitrogen and oxygen atoms in total. The maximum atomic E-state index is 12.8. The topological polar surface area (TPSA) is 60.7 Å². The summed E-state index contributed by atoms with van der Waals surface area (Å²) in [5.74, 6) is -0.902.